The number of anilines is 1. The largest absolute Gasteiger partial charge is 0.384 e. The van der Waals surface area contributed by atoms with Crippen LogP contribution in [-0.2, 0) is 0 Å². The number of carbonyl (C=O) groups is 3. The fourth-order valence-corrected chi connectivity index (χ4v) is 3.86. The number of piperidine rings is 1. The molecule has 3 N–H and O–H groups in total. The van der Waals surface area contributed by atoms with Gasteiger partial charge in [-0.05, 0) is 43.0 Å². The van der Waals surface area contributed by atoms with Crippen LogP contribution >= 0.6 is 0 Å². The van der Waals surface area contributed by atoms with Crippen LogP contribution in [0.5, 0.6) is 0 Å². The zero-order chi connectivity index (χ0) is 20.0. The maximum Gasteiger partial charge on any atom is 0.262 e. The summed E-state index contributed by atoms with van der Waals surface area (Å²) in [4.78, 5) is 50.7. The van der Waals surface area contributed by atoms with E-state index < -0.39 is 17.4 Å². The Morgan fingerprint density at radius 2 is 1.86 bits per heavy atom. The topological polar surface area (TPSA) is 114 Å². The molecule has 2 aliphatic heterocycles. The van der Waals surface area contributed by atoms with Crippen molar-refractivity contribution in [2.45, 2.75) is 19.8 Å². The number of hydrogen-bond acceptors (Lipinski definition) is 5. The third-order valence-corrected chi connectivity index (χ3v) is 5.27. The van der Waals surface area contributed by atoms with Crippen LogP contribution in [0.1, 0.15) is 50.8 Å². The summed E-state index contributed by atoms with van der Waals surface area (Å²) in [6.45, 7) is 3.61. The zero-order valence-electron chi connectivity index (χ0n) is 15.4. The summed E-state index contributed by atoms with van der Waals surface area (Å²) in [6.07, 6.45) is 2.12. The SMILES string of the molecule is CC1CCCN(C(=O)c2ccc(-n3c(N)c4c(cc3=O)C(=O)NC4=O)cc2)C1. The average molecular weight is 380 g/mol. The van der Waals surface area contributed by atoms with Gasteiger partial charge in [-0.15, -0.1) is 0 Å². The molecule has 4 rings (SSSR count). The van der Waals surface area contributed by atoms with Crippen LogP contribution in [0.3, 0.4) is 0 Å². The molecule has 1 unspecified atom stereocenters. The first-order valence-corrected chi connectivity index (χ1v) is 9.17. The highest BCUT2D eigenvalue weighted by molar-refractivity contribution is 6.23. The van der Waals surface area contributed by atoms with Crippen LogP contribution in [-0.4, -0.2) is 40.3 Å². The van der Waals surface area contributed by atoms with Crippen molar-refractivity contribution in [3.63, 3.8) is 0 Å². The number of aromatic nitrogens is 1. The number of fused-ring (bicyclic) bond motifs is 1. The van der Waals surface area contributed by atoms with Crippen molar-refractivity contribution in [2.24, 2.45) is 5.92 Å². The van der Waals surface area contributed by atoms with Gasteiger partial charge in [0.1, 0.15) is 5.82 Å². The number of hydrogen-bond donors (Lipinski definition) is 2. The summed E-state index contributed by atoms with van der Waals surface area (Å²) >= 11 is 0. The maximum atomic E-state index is 12.7. The third-order valence-electron chi connectivity index (χ3n) is 5.27. The molecule has 8 heteroatoms. The second-order valence-electron chi connectivity index (χ2n) is 7.32. The van der Waals surface area contributed by atoms with E-state index in [1.54, 1.807) is 24.3 Å². The number of nitrogens with two attached hydrogens (primary N) is 1. The third kappa shape index (κ3) is 2.87. The van der Waals surface area contributed by atoms with E-state index in [1.165, 1.54) is 0 Å². The number of nitrogen functional groups attached to an aromatic ring is 1. The Kier molecular flexibility index (Phi) is 4.26. The zero-order valence-corrected chi connectivity index (χ0v) is 15.4. The minimum Gasteiger partial charge on any atom is -0.384 e. The molecule has 3 amide bonds. The first-order valence-electron chi connectivity index (χ1n) is 9.17. The van der Waals surface area contributed by atoms with Gasteiger partial charge >= 0.3 is 0 Å². The number of carbonyl (C=O) groups excluding carboxylic acids is 3. The Morgan fingerprint density at radius 3 is 2.54 bits per heavy atom. The van der Waals surface area contributed by atoms with Crippen molar-refractivity contribution in [1.29, 1.82) is 0 Å². The fraction of sp³-hybridized carbons (Fsp3) is 0.300. The lowest BCUT2D eigenvalue weighted by Crippen LogP contribution is -2.39. The van der Waals surface area contributed by atoms with Gasteiger partial charge in [0.25, 0.3) is 23.3 Å². The molecule has 2 aromatic rings. The second-order valence-corrected chi connectivity index (χ2v) is 7.32. The summed E-state index contributed by atoms with van der Waals surface area (Å²) in [5.74, 6) is -0.923. The summed E-state index contributed by atoms with van der Waals surface area (Å²) < 4.78 is 1.16. The van der Waals surface area contributed by atoms with Gasteiger partial charge in [-0.1, -0.05) is 6.92 Å². The number of rotatable bonds is 2. The quantitative estimate of drug-likeness (QED) is 0.759. The van der Waals surface area contributed by atoms with E-state index in [9.17, 15) is 19.2 Å². The highest BCUT2D eigenvalue weighted by Crippen LogP contribution is 2.23. The van der Waals surface area contributed by atoms with E-state index in [1.807, 2.05) is 4.90 Å². The predicted octanol–water partition coefficient (Wildman–Crippen LogP) is 1.18. The minimum atomic E-state index is -0.632. The van der Waals surface area contributed by atoms with Crippen molar-refractivity contribution in [3.8, 4) is 5.69 Å². The standard InChI is InChI=1S/C20H20N4O4/c1-11-3-2-8-23(10-11)20(28)12-4-6-13(7-5-12)24-15(25)9-14-16(17(24)21)19(27)22-18(14)26/h4-7,9,11H,2-3,8,10,21H2,1H3,(H,22,26,27). The number of nitrogens with one attached hydrogen (secondary N) is 1. The number of likely N-dealkylation sites (tertiary alicyclic amines) is 1. The molecule has 144 valence electrons. The first-order chi connectivity index (χ1) is 13.4. The van der Waals surface area contributed by atoms with Crippen LogP contribution in [0.15, 0.2) is 35.1 Å². The molecule has 3 heterocycles. The molecule has 2 aliphatic rings. The lowest BCUT2D eigenvalue weighted by molar-refractivity contribution is 0.0682. The molecule has 1 saturated heterocycles. The minimum absolute atomic E-state index is 0.00735. The van der Waals surface area contributed by atoms with Crippen LogP contribution < -0.4 is 16.6 Å². The van der Waals surface area contributed by atoms with Gasteiger partial charge in [0.05, 0.1) is 16.8 Å². The van der Waals surface area contributed by atoms with Gasteiger partial charge in [0.15, 0.2) is 0 Å². The van der Waals surface area contributed by atoms with Crippen molar-refractivity contribution in [3.05, 3.63) is 57.4 Å². The van der Waals surface area contributed by atoms with Gasteiger partial charge < -0.3 is 10.6 Å². The summed E-state index contributed by atoms with van der Waals surface area (Å²) in [7, 11) is 0. The van der Waals surface area contributed by atoms with Crippen molar-refractivity contribution in [2.75, 3.05) is 18.8 Å². The van der Waals surface area contributed by atoms with Crippen molar-refractivity contribution in [1.82, 2.24) is 14.8 Å². The van der Waals surface area contributed by atoms with Gasteiger partial charge in [-0.3, -0.25) is 29.1 Å². The molecule has 0 saturated carbocycles. The van der Waals surface area contributed by atoms with Crippen molar-refractivity contribution >= 4 is 23.5 Å². The normalized spacial score (nSPS) is 18.8. The molecular formula is C20H20N4O4. The van der Waals surface area contributed by atoms with Crippen LogP contribution in [0.2, 0.25) is 0 Å². The molecule has 8 nitrogen and oxygen atoms in total. The number of imide groups is 1. The number of benzene rings is 1. The Morgan fingerprint density at radius 1 is 1.14 bits per heavy atom. The number of nitrogens with zero attached hydrogens (tertiary/aromatic N) is 2. The molecule has 1 fully saturated rings. The maximum absolute atomic E-state index is 12.7. The number of amides is 3. The summed E-state index contributed by atoms with van der Waals surface area (Å²) in [6, 6.07) is 7.60. The van der Waals surface area contributed by atoms with Crippen LogP contribution in [0, 0.1) is 5.92 Å². The fourth-order valence-electron chi connectivity index (χ4n) is 3.86. The summed E-state index contributed by atoms with van der Waals surface area (Å²) in [5, 5.41) is 2.13. The predicted molar refractivity (Wildman–Crippen MR) is 103 cm³/mol. The Labute approximate surface area is 160 Å². The van der Waals surface area contributed by atoms with Gasteiger partial charge in [-0.25, -0.2) is 0 Å². The first kappa shape index (κ1) is 18.0. The Hall–Kier alpha value is -3.42. The molecule has 1 atom stereocenters. The highest BCUT2D eigenvalue weighted by atomic mass is 16.2. The molecule has 0 spiro atoms. The second kappa shape index (κ2) is 6.63. The van der Waals surface area contributed by atoms with E-state index in [0.717, 1.165) is 36.6 Å². The van der Waals surface area contributed by atoms with E-state index in [4.69, 9.17) is 5.73 Å². The van der Waals surface area contributed by atoms with E-state index in [0.29, 0.717) is 17.2 Å². The molecule has 0 radical (unpaired) electrons. The smallest absolute Gasteiger partial charge is 0.262 e. The number of pyridine rings is 1. The summed E-state index contributed by atoms with van der Waals surface area (Å²) in [5.41, 5.74) is 6.42. The lowest BCUT2D eigenvalue weighted by atomic mass is 9.99. The van der Waals surface area contributed by atoms with Crippen molar-refractivity contribution < 1.29 is 14.4 Å². The average Bonchev–Trinajstić information content (AvgIpc) is 2.95. The molecule has 28 heavy (non-hydrogen) atoms. The Balaban J connectivity index is 1.68. The Bertz CT molecular complexity index is 1060. The highest BCUT2D eigenvalue weighted by Gasteiger charge is 2.32. The lowest BCUT2D eigenvalue weighted by Gasteiger charge is -2.31. The molecule has 1 aromatic carbocycles. The van der Waals surface area contributed by atoms with E-state index in [-0.39, 0.29) is 22.9 Å². The molecule has 1 aromatic heterocycles. The van der Waals surface area contributed by atoms with Gasteiger partial charge in [0, 0.05) is 24.7 Å². The van der Waals surface area contributed by atoms with Gasteiger partial charge in [0.2, 0.25) is 0 Å². The van der Waals surface area contributed by atoms with Gasteiger partial charge in [-0.2, -0.15) is 0 Å². The molecular weight excluding hydrogens is 360 g/mol. The van der Waals surface area contributed by atoms with Crippen LogP contribution in [0.4, 0.5) is 5.82 Å². The van der Waals surface area contributed by atoms with Crippen LogP contribution in [0.25, 0.3) is 5.69 Å². The monoisotopic (exact) mass is 380 g/mol. The van der Waals surface area contributed by atoms with E-state index >= 15 is 0 Å². The molecule has 0 aliphatic carbocycles. The van der Waals surface area contributed by atoms with E-state index in [2.05, 4.69) is 12.2 Å². The molecule has 0 bridgehead atoms.